The third-order valence-electron chi connectivity index (χ3n) is 1.21. The van der Waals surface area contributed by atoms with E-state index in [1.807, 2.05) is 11.4 Å². The number of carbonyl (C=O) groups is 1. The van der Waals surface area contributed by atoms with Crippen molar-refractivity contribution in [3.63, 3.8) is 0 Å². The molecular formula is C8H7NOS2. The van der Waals surface area contributed by atoms with Crippen LogP contribution in [0.15, 0.2) is 11.4 Å². The summed E-state index contributed by atoms with van der Waals surface area (Å²) in [7, 11) is 0. The summed E-state index contributed by atoms with van der Waals surface area (Å²) >= 11 is 2.68. The molecule has 0 saturated carbocycles. The van der Waals surface area contributed by atoms with E-state index in [9.17, 15) is 4.79 Å². The topological polar surface area (TPSA) is 40.9 Å². The molecule has 0 N–H and O–H groups in total. The van der Waals surface area contributed by atoms with Crippen molar-refractivity contribution in [1.29, 1.82) is 5.26 Å². The highest BCUT2D eigenvalue weighted by molar-refractivity contribution is 8.12. The first-order valence-electron chi connectivity index (χ1n) is 3.33. The van der Waals surface area contributed by atoms with Gasteiger partial charge >= 0.3 is 0 Å². The lowest BCUT2D eigenvalue weighted by atomic mass is 10.3. The molecule has 0 atom stereocenters. The van der Waals surface area contributed by atoms with Gasteiger partial charge in [-0.15, -0.1) is 11.3 Å². The maximum atomic E-state index is 10.6. The second kappa shape index (κ2) is 4.29. The molecule has 0 aliphatic heterocycles. The van der Waals surface area contributed by atoms with E-state index in [2.05, 4.69) is 6.07 Å². The average molecular weight is 197 g/mol. The Kier molecular flexibility index (Phi) is 3.32. The van der Waals surface area contributed by atoms with Crippen LogP contribution < -0.4 is 0 Å². The first-order chi connectivity index (χ1) is 5.72. The fourth-order valence-corrected chi connectivity index (χ4v) is 2.04. The molecule has 1 heterocycles. The fourth-order valence-electron chi connectivity index (χ4n) is 0.695. The molecule has 0 aromatic carbocycles. The molecule has 1 aromatic rings. The smallest absolute Gasteiger partial charge is 0.186 e. The molecule has 4 heteroatoms. The van der Waals surface area contributed by atoms with Gasteiger partial charge in [-0.2, -0.15) is 5.26 Å². The van der Waals surface area contributed by atoms with Crippen molar-refractivity contribution in [3.8, 4) is 6.07 Å². The Balaban J connectivity index is 2.54. The van der Waals surface area contributed by atoms with Gasteiger partial charge in [-0.3, -0.25) is 4.79 Å². The monoisotopic (exact) mass is 197 g/mol. The van der Waals surface area contributed by atoms with Gasteiger partial charge in [0, 0.05) is 12.7 Å². The lowest BCUT2D eigenvalue weighted by Crippen LogP contribution is -1.82. The zero-order chi connectivity index (χ0) is 8.97. The molecule has 0 fully saturated rings. The first kappa shape index (κ1) is 9.30. The molecule has 1 rings (SSSR count). The van der Waals surface area contributed by atoms with Crippen molar-refractivity contribution in [1.82, 2.24) is 0 Å². The fraction of sp³-hybridized carbons (Fsp3) is 0.250. The van der Waals surface area contributed by atoms with E-state index in [1.165, 1.54) is 23.1 Å². The van der Waals surface area contributed by atoms with Crippen LogP contribution >= 0.6 is 23.1 Å². The van der Waals surface area contributed by atoms with Crippen molar-refractivity contribution in [2.45, 2.75) is 12.7 Å². The summed E-state index contributed by atoms with van der Waals surface area (Å²) in [5.74, 6) is 0.674. The number of nitriles is 1. The zero-order valence-corrected chi connectivity index (χ0v) is 8.17. The summed E-state index contributed by atoms with van der Waals surface area (Å²) in [6.07, 6.45) is 0. The molecule has 0 unspecified atom stereocenters. The van der Waals surface area contributed by atoms with E-state index < -0.39 is 0 Å². The summed E-state index contributed by atoms with van der Waals surface area (Å²) < 4.78 is 0. The van der Waals surface area contributed by atoms with E-state index in [1.54, 1.807) is 6.92 Å². The second-order valence-corrected chi connectivity index (χ2v) is 4.27. The number of rotatable bonds is 2. The lowest BCUT2D eigenvalue weighted by Gasteiger charge is -1.90. The molecule has 12 heavy (non-hydrogen) atoms. The van der Waals surface area contributed by atoms with Crippen LogP contribution in [0.25, 0.3) is 0 Å². The van der Waals surface area contributed by atoms with Crippen LogP contribution in [0.4, 0.5) is 0 Å². The minimum absolute atomic E-state index is 0.111. The summed E-state index contributed by atoms with van der Waals surface area (Å²) in [5.41, 5.74) is 1.05. The van der Waals surface area contributed by atoms with Crippen LogP contribution in [0.1, 0.15) is 17.4 Å². The molecule has 0 aliphatic carbocycles. The van der Waals surface area contributed by atoms with Crippen LogP contribution in [-0.2, 0) is 10.5 Å². The average Bonchev–Trinajstić information content (AvgIpc) is 2.48. The van der Waals surface area contributed by atoms with E-state index in [-0.39, 0.29) is 5.12 Å². The molecule has 2 nitrogen and oxygen atoms in total. The number of hydrogen-bond acceptors (Lipinski definition) is 4. The largest absolute Gasteiger partial charge is 0.288 e. The van der Waals surface area contributed by atoms with Gasteiger partial charge < -0.3 is 0 Å². The summed E-state index contributed by atoms with van der Waals surface area (Å²) in [5, 5.41) is 10.5. The molecule has 0 spiro atoms. The molecule has 0 aliphatic rings. The van der Waals surface area contributed by atoms with Crippen LogP contribution in [0.3, 0.4) is 0 Å². The van der Waals surface area contributed by atoms with Crippen LogP contribution in [0.5, 0.6) is 0 Å². The molecule has 62 valence electrons. The van der Waals surface area contributed by atoms with Gasteiger partial charge in [0.1, 0.15) is 10.9 Å². The summed E-state index contributed by atoms with van der Waals surface area (Å²) in [4.78, 5) is 11.3. The maximum absolute atomic E-state index is 10.6. The Labute approximate surface area is 79.2 Å². The minimum Gasteiger partial charge on any atom is -0.288 e. The van der Waals surface area contributed by atoms with Gasteiger partial charge in [0.05, 0.1) is 0 Å². The van der Waals surface area contributed by atoms with Crippen molar-refractivity contribution >= 4 is 28.2 Å². The molecular weight excluding hydrogens is 190 g/mol. The highest BCUT2D eigenvalue weighted by Gasteiger charge is 2.00. The van der Waals surface area contributed by atoms with Gasteiger partial charge in [0.15, 0.2) is 5.12 Å². The SMILES string of the molecule is CC(=O)SCc1csc(C#N)c1. The molecule has 0 radical (unpaired) electrons. The number of thioether (sulfide) groups is 1. The standard InChI is InChI=1S/C8H7NOS2/c1-6(10)11-4-7-2-8(3-9)12-5-7/h2,5H,4H2,1H3. The van der Waals surface area contributed by atoms with Gasteiger partial charge in [-0.05, 0) is 17.0 Å². The molecule has 0 saturated heterocycles. The molecule has 0 amide bonds. The Hall–Kier alpha value is -0.790. The maximum Gasteiger partial charge on any atom is 0.186 e. The van der Waals surface area contributed by atoms with Crippen LogP contribution in [-0.4, -0.2) is 5.12 Å². The minimum atomic E-state index is 0.111. The first-order valence-corrected chi connectivity index (χ1v) is 5.20. The quantitative estimate of drug-likeness (QED) is 0.731. The van der Waals surface area contributed by atoms with Crippen molar-refractivity contribution in [3.05, 3.63) is 21.9 Å². The second-order valence-electron chi connectivity index (χ2n) is 2.21. The molecule has 0 bridgehead atoms. The molecule has 1 aromatic heterocycles. The number of nitrogens with zero attached hydrogens (tertiary/aromatic N) is 1. The number of carbonyl (C=O) groups excluding carboxylic acids is 1. The van der Waals surface area contributed by atoms with E-state index in [4.69, 9.17) is 5.26 Å². The number of thiophene rings is 1. The van der Waals surface area contributed by atoms with Gasteiger partial charge in [0.25, 0.3) is 0 Å². The van der Waals surface area contributed by atoms with Crippen molar-refractivity contribution in [2.75, 3.05) is 0 Å². The normalized spacial score (nSPS) is 9.33. The third kappa shape index (κ3) is 2.68. The van der Waals surface area contributed by atoms with Crippen LogP contribution in [0.2, 0.25) is 0 Å². The zero-order valence-electron chi connectivity index (χ0n) is 6.53. The van der Waals surface area contributed by atoms with Gasteiger partial charge in [-0.1, -0.05) is 11.8 Å². The Morgan fingerprint density at radius 2 is 2.58 bits per heavy atom. The highest BCUT2D eigenvalue weighted by Crippen LogP contribution is 2.18. The Morgan fingerprint density at radius 1 is 1.83 bits per heavy atom. The number of hydrogen-bond donors (Lipinski definition) is 0. The Morgan fingerprint density at radius 3 is 3.08 bits per heavy atom. The van der Waals surface area contributed by atoms with Crippen LogP contribution in [0, 0.1) is 11.3 Å². The Bertz CT molecular complexity index is 324. The lowest BCUT2D eigenvalue weighted by molar-refractivity contribution is -0.109. The van der Waals surface area contributed by atoms with E-state index >= 15 is 0 Å². The predicted molar refractivity (Wildman–Crippen MR) is 51.0 cm³/mol. The van der Waals surface area contributed by atoms with Crippen molar-refractivity contribution < 1.29 is 4.79 Å². The van der Waals surface area contributed by atoms with E-state index in [0.29, 0.717) is 10.6 Å². The van der Waals surface area contributed by atoms with E-state index in [0.717, 1.165) is 5.56 Å². The highest BCUT2D eigenvalue weighted by atomic mass is 32.2. The van der Waals surface area contributed by atoms with Gasteiger partial charge in [-0.25, -0.2) is 0 Å². The van der Waals surface area contributed by atoms with Crippen molar-refractivity contribution in [2.24, 2.45) is 0 Å². The summed E-state index contributed by atoms with van der Waals surface area (Å²) in [6.45, 7) is 1.54. The summed E-state index contributed by atoms with van der Waals surface area (Å²) in [6, 6.07) is 3.88. The third-order valence-corrected chi connectivity index (χ3v) is 2.97. The predicted octanol–water partition coefficient (Wildman–Crippen LogP) is 2.40. The van der Waals surface area contributed by atoms with Gasteiger partial charge in [0.2, 0.25) is 0 Å².